The fourth-order valence-electron chi connectivity index (χ4n) is 3.18. The summed E-state index contributed by atoms with van der Waals surface area (Å²) in [7, 11) is 0. The standard InChI is InChI=1S/C22H20O5/c1-2-14-5-7-15(8-6-14)12-20-21(23)17-10-9-16(13-19(17)27-20)26-22(24)18-4-3-11-25-18/h5-10,12-13,18H,2-4,11H2,1H3/b20-12-. The number of rotatable bonds is 4. The van der Waals surface area contributed by atoms with Gasteiger partial charge in [-0.1, -0.05) is 31.2 Å². The summed E-state index contributed by atoms with van der Waals surface area (Å²) in [5.74, 6) is 0.409. The third kappa shape index (κ3) is 3.64. The molecule has 0 spiro atoms. The van der Waals surface area contributed by atoms with E-state index >= 15 is 0 Å². The second-order valence-electron chi connectivity index (χ2n) is 6.62. The molecule has 2 aliphatic heterocycles. The Morgan fingerprint density at radius 3 is 2.74 bits per heavy atom. The minimum Gasteiger partial charge on any atom is -0.452 e. The number of carbonyl (C=O) groups excluding carboxylic acids is 2. The first-order valence-corrected chi connectivity index (χ1v) is 9.14. The molecule has 5 heteroatoms. The molecule has 2 heterocycles. The molecule has 2 aromatic rings. The fourth-order valence-corrected chi connectivity index (χ4v) is 3.18. The van der Waals surface area contributed by atoms with Gasteiger partial charge in [0.1, 0.15) is 11.5 Å². The van der Waals surface area contributed by atoms with Gasteiger partial charge in [0.15, 0.2) is 11.9 Å². The Kier molecular flexibility index (Phi) is 4.77. The second-order valence-corrected chi connectivity index (χ2v) is 6.62. The molecule has 1 unspecified atom stereocenters. The topological polar surface area (TPSA) is 61.8 Å². The minimum atomic E-state index is -0.512. The third-order valence-corrected chi connectivity index (χ3v) is 4.74. The van der Waals surface area contributed by atoms with Crippen LogP contribution in [0.25, 0.3) is 6.08 Å². The van der Waals surface area contributed by atoms with E-state index in [4.69, 9.17) is 14.2 Å². The van der Waals surface area contributed by atoms with Crippen molar-refractivity contribution in [3.8, 4) is 11.5 Å². The van der Waals surface area contributed by atoms with Crippen molar-refractivity contribution in [1.82, 2.24) is 0 Å². The van der Waals surface area contributed by atoms with Gasteiger partial charge in [0.25, 0.3) is 0 Å². The number of benzene rings is 2. The first kappa shape index (κ1) is 17.5. The van der Waals surface area contributed by atoms with Gasteiger partial charge in [0.05, 0.1) is 5.56 Å². The Labute approximate surface area is 157 Å². The maximum atomic E-state index is 12.5. The van der Waals surface area contributed by atoms with Crippen LogP contribution in [0.5, 0.6) is 11.5 Å². The average molecular weight is 364 g/mol. The summed E-state index contributed by atoms with van der Waals surface area (Å²) < 4.78 is 16.4. The first-order valence-electron chi connectivity index (χ1n) is 9.14. The van der Waals surface area contributed by atoms with E-state index in [0.29, 0.717) is 30.1 Å². The highest BCUT2D eigenvalue weighted by atomic mass is 16.6. The summed E-state index contributed by atoms with van der Waals surface area (Å²) in [4.78, 5) is 24.6. The minimum absolute atomic E-state index is 0.179. The third-order valence-electron chi connectivity index (χ3n) is 4.74. The van der Waals surface area contributed by atoms with Crippen molar-refractivity contribution in [2.45, 2.75) is 32.3 Å². The number of allylic oxidation sites excluding steroid dienone is 1. The van der Waals surface area contributed by atoms with Crippen LogP contribution >= 0.6 is 0 Å². The normalized spacial score (nSPS) is 19.8. The van der Waals surface area contributed by atoms with E-state index in [1.54, 1.807) is 24.3 Å². The van der Waals surface area contributed by atoms with E-state index < -0.39 is 12.1 Å². The molecule has 5 nitrogen and oxygen atoms in total. The van der Waals surface area contributed by atoms with Crippen LogP contribution in [0.3, 0.4) is 0 Å². The summed E-state index contributed by atoms with van der Waals surface area (Å²) in [5.41, 5.74) is 2.59. The number of Topliss-reactive ketones (excluding diaryl/α,β-unsaturated/α-hetero) is 1. The molecular formula is C22H20O5. The van der Waals surface area contributed by atoms with Crippen molar-refractivity contribution in [3.05, 3.63) is 64.9 Å². The van der Waals surface area contributed by atoms with Crippen molar-refractivity contribution in [1.29, 1.82) is 0 Å². The zero-order valence-electron chi connectivity index (χ0n) is 15.1. The molecule has 0 amide bonds. The molecule has 27 heavy (non-hydrogen) atoms. The lowest BCUT2D eigenvalue weighted by molar-refractivity contribution is -0.144. The highest BCUT2D eigenvalue weighted by Crippen LogP contribution is 2.35. The number of fused-ring (bicyclic) bond motifs is 1. The van der Waals surface area contributed by atoms with Gasteiger partial charge in [0, 0.05) is 12.7 Å². The van der Waals surface area contributed by atoms with Gasteiger partial charge < -0.3 is 14.2 Å². The van der Waals surface area contributed by atoms with Gasteiger partial charge in [-0.25, -0.2) is 4.79 Å². The summed E-state index contributed by atoms with van der Waals surface area (Å²) in [5, 5.41) is 0. The molecule has 0 saturated carbocycles. The van der Waals surface area contributed by atoms with Crippen molar-refractivity contribution in [2.75, 3.05) is 6.61 Å². The second kappa shape index (κ2) is 7.37. The van der Waals surface area contributed by atoms with Crippen molar-refractivity contribution < 1.29 is 23.8 Å². The molecule has 0 aromatic heterocycles. The molecule has 0 bridgehead atoms. The highest BCUT2D eigenvalue weighted by Gasteiger charge is 2.29. The Hall–Kier alpha value is -2.92. The highest BCUT2D eigenvalue weighted by molar-refractivity contribution is 6.14. The summed E-state index contributed by atoms with van der Waals surface area (Å²) >= 11 is 0. The van der Waals surface area contributed by atoms with E-state index in [1.807, 2.05) is 24.3 Å². The Morgan fingerprint density at radius 1 is 1.22 bits per heavy atom. The maximum Gasteiger partial charge on any atom is 0.340 e. The van der Waals surface area contributed by atoms with Gasteiger partial charge in [-0.3, -0.25) is 4.79 Å². The lowest BCUT2D eigenvalue weighted by Crippen LogP contribution is -2.24. The van der Waals surface area contributed by atoms with Crippen LogP contribution in [-0.4, -0.2) is 24.5 Å². The van der Waals surface area contributed by atoms with Crippen LogP contribution < -0.4 is 9.47 Å². The van der Waals surface area contributed by atoms with Crippen LogP contribution in [0.1, 0.15) is 41.3 Å². The predicted molar refractivity (Wildman–Crippen MR) is 99.8 cm³/mol. The lowest BCUT2D eigenvalue weighted by atomic mass is 10.1. The van der Waals surface area contributed by atoms with Crippen LogP contribution in [0.15, 0.2) is 48.2 Å². The Bertz CT molecular complexity index is 905. The molecule has 0 N–H and O–H groups in total. The van der Waals surface area contributed by atoms with Crippen molar-refractivity contribution in [3.63, 3.8) is 0 Å². The van der Waals surface area contributed by atoms with Gasteiger partial charge in [-0.2, -0.15) is 0 Å². The summed E-state index contributed by atoms with van der Waals surface area (Å²) in [6.07, 6.45) is 3.70. The quantitative estimate of drug-likeness (QED) is 0.467. The van der Waals surface area contributed by atoms with Gasteiger partial charge in [0.2, 0.25) is 5.78 Å². The number of hydrogen-bond donors (Lipinski definition) is 0. The SMILES string of the molecule is CCc1ccc(/C=C2\Oc3cc(OC(=O)C4CCCO4)ccc3C2=O)cc1. The molecule has 138 valence electrons. The van der Waals surface area contributed by atoms with Gasteiger partial charge in [-0.05, 0) is 48.6 Å². The molecule has 1 saturated heterocycles. The molecule has 2 aliphatic rings. The van der Waals surface area contributed by atoms with Crippen LogP contribution in [0.4, 0.5) is 0 Å². The molecule has 1 fully saturated rings. The molecule has 0 radical (unpaired) electrons. The zero-order chi connectivity index (χ0) is 18.8. The Morgan fingerprint density at radius 2 is 2.04 bits per heavy atom. The van der Waals surface area contributed by atoms with Crippen LogP contribution in [0, 0.1) is 0 Å². The Balaban J connectivity index is 1.51. The number of ether oxygens (including phenoxy) is 3. The number of aryl methyl sites for hydroxylation is 1. The first-order chi connectivity index (χ1) is 13.1. The van der Waals surface area contributed by atoms with E-state index in [1.165, 1.54) is 5.56 Å². The monoisotopic (exact) mass is 364 g/mol. The van der Waals surface area contributed by atoms with Crippen molar-refractivity contribution >= 4 is 17.8 Å². The molecule has 1 atom stereocenters. The molecule has 0 aliphatic carbocycles. The van der Waals surface area contributed by atoms with Crippen LogP contribution in [-0.2, 0) is 16.0 Å². The zero-order valence-corrected chi connectivity index (χ0v) is 15.1. The fraction of sp³-hybridized carbons (Fsp3) is 0.273. The van der Waals surface area contributed by atoms with Crippen LogP contribution in [0.2, 0.25) is 0 Å². The largest absolute Gasteiger partial charge is 0.452 e. The number of esters is 1. The van der Waals surface area contributed by atoms with Crippen molar-refractivity contribution in [2.24, 2.45) is 0 Å². The van der Waals surface area contributed by atoms with E-state index in [9.17, 15) is 9.59 Å². The summed E-state index contributed by atoms with van der Waals surface area (Å²) in [6.45, 7) is 2.67. The maximum absolute atomic E-state index is 12.5. The van der Waals surface area contributed by atoms with E-state index in [0.717, 1.165) is 18.4 Å². The molecular weight excluding hydrogens is 344 g/mol. The molecule has 2 aromatic carbocycles. The average Bonchev–Trinajstić information content (AvgIpc) is 3.32. The smallest absolute Gasteiger partial charge is 0.340 e. The van der Waals surface area contributed by atoms with Gasteiger partial charge >= 0.3 is 5.97 Å². The number of hydrogen-bond acceptors (Lipinski definition) is 5. The number of ketones is 1. The predicted octanol–water partition coefficient (Wildman–Crippen LogP) is 3.95. The van der Waals surface area contributed by atoms with E-state index in [-0.39, 0.29) is 11.5 Å². The molecule has 4 rings (SSSR count). The van der Waals surface area contributed by atoms with E-state index in [2.05, 4.69) is 6.92 Å². The summed E-state index contributed by atoms with van der Waals surface area (Å²) in [6, 6.07) is 12.8. The lowest BCUT2D eigenvalue weighted by Gasteiger charge is -2.09. The van der Waals surface area contributed by atoms with Gasteiger partial charge in [-0.15, -0.1) is 0 Å². The number of carbonyl (C=O) groups is 2.